The smallest absolute Gasteiger partial charge is 0.326 e. The number of hydrogen-bond acceptors (Lipinski definition) is 8. The Balaban J connectivity index is 2.17. The molecule has 0 saturated heterocycles. The average molecular weight is 485 g/mol. The lowest BCUT2D eigenvalue weighted by atomic mass is 10.1. The second kappa shape index (κ2) is 10.5. The predicted octanol–water partition coefficient (Wildman–Crippen LogP) is 0.903. The first-order valence-electron chi connectivity index (χ1n) is 8.98. The highest BCUT2D eigenvalue weighted by Gasteiger charge is 2.28. The summed E-state index contributed by atoms with van der Waals surface area (Å²) in [5.74, 6) is -2.39. The number of nitrogens with two attached hydrogens (primary N) is 1. The van der Waals surface area contributed by atoms with Gasteiger partial charge in [0.1, 0.15) is 10.9 Å². The summed E-state index contributed by atoms with van der Waals surface area (Å²) in [7, 11) is -4.41. The topological polar surface area (TPSA) is 218 Å². The third-order valence-corrected chi connectivity index (χ3v) is 6.38. The van der Waals surface area contributed by atoms with Crippen LogP contribution in [0.4, 0.5) is 11.4 Å². The quantitative estimate of drug-likeness (QED) is 0.0876. The summed E-state index contributed by atoms with van der Waals surface area (Å²) in [6.07, 6.45) is 0.322. The molecule has 0 fully saturated rings. The summed E-state index contributed by atoms with van der Waals surface area (Å²) in [5, 5.41) is 33.8. The maximum Gasteiger partial charge on any atom is 0.326 e. The molecule has 1 amide bonds. The van der Waals surface area contributed by atoms with Crippen molar-refractivity contribution >= 4 is 50.6 Å². The number of guanidine groups is 1. The van der Waals surface area contributed by atoms with Gasteiger partial charge in [0.15, 0.2) is 10.9 Å². The van der Waals surface area contributed by atoms with Crippen molar-refractivity contribution in [1.29, 1.82) is 5.41 Å². The second-order valence-electron chi connectivity index (χ2n) is 6.34. The lowest BCUT2D eigenvalue weighted by Crippen LogP contribution is -2.41. The van der Waals surface area contributed by atoms with Gasteiger partial charge in [0.25, 0.3) is 21.6 Å². The van der Waals surface area contributed by atoms with E-state index < -0.39 is 43.4 Å². The number of aliphatic carboxylic acids is 1. The number of amides is 1. The molecule has 1 aromatic heterocycles. The Labute approximate surface area is 186 Å². The standard InChI is InChI=1S/C17H20N6O7S2/c18-17(19)20-8-3-4-11(16(25)26)21-15(24)14-10(7-9-31-14)22-32(29,30)13-6-2-1-5-12(13)23(27)28/h1-2,5-7,9,11,22H,3-4,8H2,(H,21,24)(H,25,26)(H4,18,19,20)/t11-/m0/s1. The predicted molar refractivity (Wildman–Crippen MR) is 116 cm³/mol. The first kappa shape index (κ1) is 24.5. The SMILES string of the molecule is N=C(N)NCCC[C@H](NC(=O)c1sccc1NS(=O)(=O)c1ccccc1[N+](=O)[O-])C(=O)O. The summed E-state index contributed by atoms with van der Waals surface area (Å²) < 4.78 is 27.5. The lowest BCUT2D eigenvalue weighted by Gasteiger charge is -2.15. The van der Waals surface area contributed by atoms with Crippen LogP contribution in [0.25, 0.3) is 0 Å². The second-order valence-corrected chi connectivity index (χ2v) is 8.91. The van der Waals surface area contributed by atoms with Gasteiger partial charge in [-0.05, 0) is 30.4 Å². The van der Waals surface area contributed by atoms with Crippen molar-refractivity contribution in [2.75, 3.05) is 11.3 Å². The summed E-state index contributed by atoms with van der Waals surface area (Å²) in [6, 6.07) is 4.76. The van der Waals surface area contributed by atoms with E-state index in [4.69, 9.17) is 11.1 Å². The Bertz CT molecular complexity index is 1130. The monoisotopic (exact) mass is 484 g/mol. The van der Waals surface area contributed by atoms with Gasteiger partial charge in [-0.15, -0.1) is 11.3 Å². The highest BCUT2D eigenvalue weighted by molar-refractivity contribution is 7.92. The number of nitrogens with zero attached hydrogens (tertiary/aromatic N) is 1. The molecule has 1 atom stereocenters. The number of anilines is 1. The Hall–Kier alpha value is -3.72. The lowest BCUT2D eigenvalue weighted by molar-refractivity contribution is -0.387. The average Bonchev–Trinajstić information content (AvgIpc) is 3.17. The number of hydrogen-bond donors (Lipinski definition) is 6. The summed E-state index contributed by atoms with van der Waals surface area (Å²) in [4.78, 5) is 33.7. The van der Waals surface area contributed by atoms with E-state index in [0.29, 0.717) is 6.42 Å². The van der Waals surface area contributed by atoms with E-state index in [2.05, 4.69) is 15.4 Å². The number of thiophene rings is 1. The van der Waals surface area contributed by atoms with Crippen LogP contribution in [0, 0.1) is 15.5 Å². The minimum atomic E-state index is -4.41. The molecule has 172 valence electrons. The normalized spacial score (nSPS) is 11.9. The highest BCUT2D eigenvalue weighted by Crippen LogP contribution is 2.29. The molecule has 0 radical (unpaired) electrons. The minimum Gasteiger partial charge on any atom is -0.480 e. The highest BCUT2D eigenvalue weighted by atomic mass is 32.2. The number of rotatable bonds is 11. The third-order valence-electron chi connectivity index (χ3n) is 4.06. The van der Waals surface area contributed by atoms with E-state index in [-0.39, 0.29) is 29.5 Å². The van der Waals surface area contributed by atoms with Gasteiger partial charge in [-0.25, -0.2) is 13.2 Å². The first-order chi connectivity index (χ1) is 15.0. The third kappa shape index (κ3) is 6.39. The van der Waals surface area contributed by atoms with E-state index in [1.54, 1.807) is 0 Å². The Morgan fingerprint density at radius 3 is 2.59 bits per heavy atom. The van der Waals surface area contributed by atoms with Gasteiger partial charge in [0, 0.05) is 12.6 Å². The summed E-state index contributed by atoms with van der Waals surface area (Å²) in [5.41, 5.74) is 4.36. The minimum absolute atomic E-state index is 0.0317. The molecule has 0 unspecified atom stereocenters. The fraction of sp³-hybridized carbons (Fsp3) is 0.235. The molecule has 1 heterocycles. The van der Waals surface area contributed by atoms with Crippen LogP contribution >= 0.6 is 11.3 Å². The van der Waals surface area contributed by atoms with E-state index in [1.165, 1.54) is 23.6 Å². The molecule has 32 heavy (non-hydrogen) atoms. The van der Waals surface area contributed by atoms with Crippen LogP contribution in [-0.2, 0) is 14.8 Å². The van der Waals surface area contributed by atoms with Gasteiger partial charge in [-0.2, -0.15) is 0 Å². The molecule has 0 aliphatic heterocycles. The number of nitro groups is 1. The molecular formula is C17H20N6O7S2. The fourth-order valence-corrected chi connectivity index (χ4v) is 4.67. The molecule has 0 aliphatic carbocycles. The molecular weight excluding hydrogens is 464 g/mol. The van der Waals surface area contributed by atoms with E-state index >= 15 is 0 Å². The van der Waals surface area contributed by atoms with Gasteiger partial charge in [-0.3, -0.25) is 25.0 Å². The number of nitrogens with one attached hydrogen (secondary N) is 4. The van der Waals surface area contributed by atoms with Crippen molar-refractivity contribution < 1.29 is 28.0 Å². The Morgan fingerprint density at radius 1 is 1.28 bits per heavy atom. The molecule has 15 heteroatoms. The molecule has 0 spiro atoms. The number of benzene rings is 1. The fourth-order valence-electron chi connectivity index (χ4n) is 2.61. The number of sulfonamides is 1. The number of para-hydroxylation sites is 1. The van der Waals surface area contributed by atoms with Crippen LogP contribution in [0.2, 0.25) is 0 Å². The van der Waals surface area contributed by atoms with E-state index in [0.717, 1.165) is 23.5 Å². The van der Waals surface area contributed by atoms with Crippen LogP contribution in [0.5, 0.6) is 0 Å². The van der Waals surface area contributed by atoms with E-state index in [9.17, 15) is 33.2 Å². The maximum atomic E-state index is 12.7. The number of carboxylic acid groups (broad SMARTS) is 1. The van der Waals surface area contributed by atoms with Gasteiger partial charge in [0.05, 0.1) is 10.6 Å². The zero-order chi connectivity index (χ0) is 23.9. The van der Waals surface area contributed by atoms with Crippen molar-refractivity contribution in [2.45, 2.75) is 23.8 Å². The largest absolute Gasteiger partial charge is 0.480 e. The molecule has 1 aromatic carbocycles. The van der Waals surface area contributed by atoms with Crippen LogP contribution in [0.15, 0.2) is 40.6 Å². The molecule has 0 aliphatic rings. The van der Waals surface area contributed by atoms with Gasteiger partial charge in [-0.1, -0.05) is 12.1 Å². The van der Waals surface area contributed by atoms with E-state index in [1.807, 2.05) is 0 Å². The van der Waals surface area contributed by atoms with Crippen LogP contribution in [0.3, 0.4) is 0 Å². The Kier molecular flexibility index (Phi) is 8.09. The van der Waals surface area contributed by atoms with Crippen molar-refractivity contribution in [3.63, 3.8) is 0 Å². The van der Waals surface area contributed by atoms with Crippen molar-refractivity contribution in [2.24, 2.45) is 5.73 Å². The summed E-state index contributed by atoms with van der Waals surface area (Å²) in [6.45, 7) is 0.231. The van der Waals surface area contributed by atoms with Crippen LogP contribution < -0.4 is 21.1 Å². The Morgan fingerprint density at radius 2 is 1.97 bits per heavy atom. The van der Waals surface area contributed by atoms with Gasteiger partial charge < -0.3 is 21.5 Å². The van der Waals surface area contributed by atoms with Crippen LogP contribution in [0.1, 0.15) is 22.5 Å². The molecule has 2 aromatic rings. The van der Waals surface area contributed by atoms with Crippen molar-refractivity contribution in [3.8, 4) is 0 Å². The molecule has 0 bridgehead atoms. The molecule has 0 saturated carbocycles. The number of carboxylic acids is 1. The zero-order valence-electron chi connectivity index (χ0n) is 16.4. The zero-order valence-corrected chi connectivity index (χ0v) is 18.0. The number of carbonyl (C=O) groups is 2. The van der Waals surface area contributed by atoms with Gasteiger partial charge in [0.2, 0.25) is 0 Å². The van der Waals surface area contributed by atoms with Crippen molar-refractivity contribution in [1.82, 2.24) is 10.6 Å². The van der Waals surface area contributed by atoms with Gasteiger partial charge >= 0.3 is 5.97 Å². The first-order valence-corrected chi connectivity index (χ1v) is 11.3. The maximum absolute atomic E-state index is 12.7. The molecule has 2 rings (SSSR count). The molecule has 7 N–H and O–H groups in total. The summed E-state index contributed by atoms with van der Waals surface area (Å²) >= 11 is 0.867. The van der Waals surface area contributed by atoms with Crippen molar-refractivity contribution in [3.05, 3.63) is 50.7 Å². The number of carbonyl (C=O) groups excluding carboxylic acids is 1. The van der Waals surface area contributed by atoms with Crippen LogP contribution in [-0.4, -0.2) is 48.9 Å². The number of nitro benzene ring substituents is 1. The molecule has 13 nitrogen and oxygen atoms in total.